The first-order chi connectivity index (χ1) is 4.74. The van der Waals surface area contributed by atoms with Crippen LogP contribution in [0.15, 0.2) is 6.20 Å². The lowest BCUT2D eigenvalue weighted by Gasteiger charge is -1.79. The van der Waals surface area contributed by atoms with Gasteiger partial charge >= 0.3 is 0 Å². The maximum atomic E-state index is 5.22. The Balaban J connectivity index is 3.11. The van der Waals surface area contributed by atoms with Crippen LogP contribution in [0.3, 0.4) is 0 Å². The number of aromatic nitrogens is 2. The molecule has 0 aromatic carbocycles. The Labute approximate surface area is 64.8 Å². The minimum Gasteiger partial charge on any atom is -0.274 e. The van der Waals surface area contributed by atoms with Crippen molar-refractivity contribution in [3.05, 3.63) is 17.5 Å². The molecule has 0 atom stereocenters. The Morgan fingerprint density at radius 1 is 1.70 bits per heavy atom. The standard InChI is InChI=1S/C7H7ClN2/c1-6-7(3-4-8)5-10(2)9-6/h5H,1-2H3. The molecular weight excluding hydrogens is 148 g/mol. The fourth-order valence-corrected chi connectivity index (χ4v) is 0.875. The molecule has 0 aliphatic carbocycles. The Kier molecular flexibility index (Phi) is 1.98. The van der Waals surface area contributed by atoms with E-state index >= 15 is 0 Å². The largest absolute Gasteiger partial charge is 0.274 e. The van der Waals surface area contributed by atoms with Gasteiger partial charge in [0.25, 0.3) is 0 Å². The second-order valence-corrected chi connectivity index (χ2v) is 2.21. The number of aryl methyl sites for hydroxylation is 2. The third-order valence-electron chi connectivity index (χ3n) is 1.20. The minimum atomic E-state index is 0.887. The number of hydrogen-bond donors (Lipinski definition) is 0. The molecule has 10 heavy (non-hydrogen) atoms. The molecule has 1 aromatic rings. The van der Waals surface area contributed by atoms with Crippen LogP contribution >= 0.6 is 11.6 Å². The Bertz CT molecular complexity index is 290. The summed E-state index contributed by atoms with van der Waals surface area (Å²) in [5.74, 6) is 2.73. The van der Waals surface area contributed by atoms with Gasteiger partial charge in [-0.15, -0.1) is 0 Å². The summed E-state index contributed by atoms with van der Waals surface area (Å²) in [7, 11) is 1.85. The third kappa shape index (κ3) is 1.31. The highest BCUT2D eigenvalue weighted by molar-refractivity contribution is 6.30. The molecule has 3 heteroatoms. The number of halogens is 1. The average Bonchev–Trinajstić information content (AvgIpc) is 2.13. The molecule has 0 aliphatic heterocycles. The first-order valence-electron chi connectivity index (χ1n) is 2.86. The van der Waals surface area contributed by atoms with E-state index in [-0.39, 0.29) is 0 Å². The van der Waals surface area contributed by atoms with Crippen LogP contribution in [0.2, 0.25) is 0 Å². The summed E-state index contributed by atoms with van der Waals surface area (Å²) in [6.45, 7) is 1.90. The summed E-state index contributed by atoms with van der Waals surface area (Å²) in [5, 5.41) is 6.39. The van der Waals surface area contributed by atoms with Crippen LogP contribution in [0.4, 0.5) is 0 Å². The zero-order valence-corrected chi connectivity index (χ0v) is 6.61. The van der Waals surface area contributed by atoms with Crippen molar-refractivity contribution in [1.29, 1.82) is 0 Å². The lowest BCUT2D eigenvalue weighted by molar-refractivity contribution is 0.756. The van der Waals surface area contributed by atoms with Crippen LogP contribution in [0, 0.1) is 18.2 Å². The zero-order chi connectivity index (χ0) is 7.56. The molecule has 1 aromatic heterocycles. The normalized spacial score (nSPS) is 8.70. The van der Waals surface area contributed by atoms with Crippen molar-refractivity contribution in [1.82, 2.24) is 9.78 Å². The predicted octanol–water partition coefficient (Wildman–Crippen LogP) is 1.28. The maximum Gasteiger partial charge on any atom is 0.0750 e. The molecule has 0 unspecified atom stereocenters. The molecule has 2 nitrogen and oxygen atoms in total. The van der Waals surface area contributed by atoms with Gasteiger partial charge in [-0.1, -0.05) is 0 Å². The van der Waals surface area contributed by atoms with Crippen LogP contribution < -0.4 is 0 Å². The summed E-state index contributed by atoms with van der Waals surface area (Å²) in [6, 6.07) is 0. The zero-order valence-electron chi connectivity index (χ0n) is 5.85. The van der Waals surface area contributed by atoms with Crippen molar-refractivity contribution in [3.63, 3.8) is 0 Å². The van der Waals surface area contributed by atoms with Crippen molar-refractivity contribution in [3.8, 4) is 11.3 Å². The van der Waals surface area contributed by atoms with Gasteiger partial charge in [-0.05, 0) is 24.4 Å². The molecule has 0 N–H and O–H groups in total. The van der Waals surface area contributed by atoms with Crippen molar-refractivity contribution >= 4 is 11.6 Å². The first kappa shape index (κ1) is 7.17. The summed E-state index contributed by atoms with van der Waals surface area (Å²) < 4.78 is 1.71. The molecule has 0 fully saturated rings. The van der Waals surface area contributed by atoms with E-state index in [1.54, 1.807) is 4.68 Å². The average molecular weight is 155 g/mol. The van der Waals surface area contributed by atoms with Crippen LogP contribution in [0.1, 0.15) is 11.3 Å². The molecule has 0 amide bonds. The molecule has 0 aliphatic rings. The van der Waals surface area contributed by atoms with E-state index in [0.717, 1.165) is 11.3 Å². The van der Waals surface area contributed by atoms with Crippen molar-refractivity contribution in [2.45, 2.75) is 6.92 Å². The summed E-state index contributed by atoms with van der Waals surface area (Å²) in [4.78, 5) is 0. The molecule has 0 radical (unpaired) electrons. The van der Waals surface area contributed by atoms with Crippen molar-refractivity contribution in [2.75, 3.05) is 0 Å². The lowest BCUT2D eigenvalue weighted by atomic mass is 10.3. The Hall–Kier alpha value is -0.940. The highest BCUT2D eigenvalue weighted by Gasteiger charge is 1.96. The molecule has 0 spiro atoms. The Morgan fingerprint density at radius 2 is 2.40 bits per heavy atom. The number of hydrogen-bond acceptors (Lipinski definition) is 1. The number of rotatable bonds is 0. The first-order valence-corrected chi connectivity index (χ1v) is 3.23. The van der Waals surface area contributed by atoms with E-state index in [4.69, 9.17) is 11.6 Å². The highest BCUT2D eigenvalue weighted by atomic mass is 35.5. The van der Waals surface area contributed by atoms with Crippen LogP contribution in [0.25, 0.3) is 0 Å². The van der Waals surface area contributed by atoms with Gasteiger partial charge in [0, 0.05) is 18.6 Å². The summed E-state index contributed by atoms with van der Waals surface area (Å²) in [6.07, 6.45) is 1.84. The van der Waals surface area contributed by atoms with Gasteiger partial charge in [0.15, 0.2) is 0 Å². The number of nitrogens with zero attached hydrogens (tertiary/aromatic N) is 2. The van der Waals surface area contributed by atoms with E-state index in [2.05, 4.69) is 16.4 Å². The quantitative estimate of drug-likeness (QED) is 0.515. The Morgan fingerprint density at radius 3 is 2.80 bits per heavy atom. The van der Waals surface area contributed by atoms with Crippen molar-refractivity contribution in [2.24, 2.45) is 7.05 Å². The molecule has 0 saturated heterocycles. The second kappa shape index (κ2) is 2.76. The van der Waals surface area contributed by atoms with Gasteiger partial charge in [-0.2, -0.15) is 5.10 Å². The predicted molar refractivity (Wildman–Crippen MR) is 40.7 cm³/mol. The summed E-state index contributed by atoms with van der Waals surface area (Å²) in [5.41, 5.74) is 1.80. The van der Waals surface area contributed by atoms with Crippen LogP contribution in [-0.4, -0.2) is 9.78 Å². The van der Waals surface area contributed by atoms with Crippen LogP contribution in [0.5, 0.6) is 0 Å². The molecule has 0 saturated carbocycles. The molecular formula is C7H7ClN2. The van der Waals surface area contributed by atoms with Gasteiger partial charge < -0.3 is 0 Å². The minimum absolute atomic E-state index is 0.887. The molecule has 1 rings (SSSR count). The summed E-state index contributed by atoms with van der Waals surface area (Å²) >= 11 is 5.22. The van der Waals surface area contributed by atoms with Gasteiger partial charge in [0.05, 0.1) is 11.3 Å². The fourth-order valence-electron chi connectivity index (χ4n) is 0.773. The van der Waals surface area contributed by atoms with E-state index in [1.807, 2.05) is 20.2 Å². The van der Waals surface area contributed by atoms with E-state index in [1.165, 1.54) is 0 Å². The second-order valence-electron chi connectivity index (χ2n) is 2.02. The van der Waals surface area contributed by atoms with E-state index in [9.17, 15) is 0 Å². The van der Waals surface area contributed by atoms with Gasteiger partial charge in [-0.25, -0.2) is 0 Å². The molecule has 0 bridgehead atoms. The van der Waals surface area contributed by atoms with Crippen molar-refractivity contribution < 1.29 is 0 Å². The SMILES string of the molecule is Cc1nn(C)cc1C#CCl. The third-order valence-corrected chi connectivity index (χ3v) is 1.29. The van der Waals surface area contributed by atoms with E-state index < -0.39 is 0 Å². The smallest absolute Gasteiger partial charge is 0.0750 e. The fraction of sp³-hybridized carbons (Fsp3) is 0.286. The van der Waals surface area contributed by atoms with Gasteiger partial charge in [0.1, 0.15) is 0 Å². The van der Waals surface area contributed by atoms with Gasteiger partial charge in [0.2, 0.25) is 0 Å². The molecule has 52 valence electrons. The van der Waals surface area contributed by atoms with Crippen LogP contribution in [-0.2, 0) is 7.05 Å². The molecule has 1 heterocycles. The topological polar surface area (TPSA) is 17.8 Å². The van der Waals surface area contributed by atoms with Gasteiger partial charge in [-0.3, -0.25) is 4.68 Å². The maximum absolute atomic E-state index is 5.22. The highest BCUT2D eigenvalue weighted by Crippen LogP contribution is 2.01. The monoisotopic (exact) mass is 154 g/mol. The lowest BCUT2D eigenvalue weighted by Crippen LogP contribution is -1.86. The van der Waals surface area contributed by atoms with E-state index in [0.29, 0.717) is 0 Å².